The molecule has 0 fully saturated rings. The summed E-state index contributed by atoms with van der Waals surface area (Å²) >= 11 is 0. The van der Waals surface area contributed by atoms with Gasteiger partial charge in [-0.2, -0.15) is 0 Å². The van der Waals surface area contributed by atoms with E-state index in [1.54, 1.807) is 12.1 Å². The number of benzene rings is 1. The van der Waals surface area contributed by atoms with Gasteiger partial charge in [-0.25, -0.2) is 4.79 Å². The number of guanidine groups is 1. The molecule has 25 heavy (non-hydrogen) atoms. The van der Waals surface area contributed by atoms with Crippen LogP contribution in [0.1, 0.15) is 30.1 Å². The Labute approximate surface area is 144 Å². The number of rotatable bonds is 7. The molecule has 1 aromatic carbocycles. The third-order valence-electron chi connectivity index (χ3n) is 2.66. The van der Waals surface area contributed by atoms with Crippen molar-refractivity contribution in [2.75, 3.05) is 6.54 Å². The maximum atomic E-state index is 10.6. The molecule has 0 saturated carbocycles. The molecule has 0 unspecified atom stereocenters. The maximum absolute atomic E-state index is 10.6. The van der Waals surface area contributed by atoms with Crippen LogP contribution in [0.15, 0.2) is 29.3 Å². The SMILES string of the molecule is CC(=O)Oc1ccccc1C(=O)O.NC(N)=NCCC[C@@H](N)C(=O)O. The molecule has 10 nitrogen and oxygen atoms in total. The van der Waals surface area contributed by atoms with Crippen LogP contribution in [0.3, 0.4) is 0 Å². The zero-order chi connectivity index (χ0) is 19.4. The molecular weight excluding hydrogens is 332 g/mol. The first-order valence-electron chi connectivity index (χ1n) is 7.19. The Bertz CT molecular complexity index is 628. The van der Waals surface area contributed by atoms with Crippen LogP contribution in [0.5, 0.6) is 5.75 Å². The molecule has 1 aromatic rings. The van der Waals surface area contributed by atoms with E-state index in [4.69, 9.17) is 27.4 Å². The predicted octanol–water partition coefficient (Wildman–Crippen LogP) is -0.238. The van der Waals surface area contributed by atoms with E-state index in [1.165, 1.54) is 19.1 Å². The van der Waals surface area contributed by atoms with Gasteiger partial charge in [0, 0.05) is 13.5 Å². The summed E-state index contributed by atoms with van der Waals surface area (Å²) in [6.07, 6.45) is 0.956. The number of nitrogens with two attached hydrogens (primary N) is 3. The van der Waals surface area contributed by atoms with Gasteiger partial charge in [-0.05, 0) is 25.0 Å². The molecular formula is C15H22N4O6. The highest BCUT2D eigenvalue weighted by molar-refractivity contribution is 5.91. The van der Waals surface area contributed by atoms with Gasteiger partial charge in [-0.3, -0.25) is 14.6 Å². The first kappa shape index (κ1) is 21.9. The second kappa shape index (κ2) is 11.4. The lowest BCUT2D eigenvalue weighted by Crippen LogP contribution is -2.30. The van der Waals surface area contributed by atoms with E-state index in [0.717, 1.165) is 0 Å². The van der Waals surface area contributed by atoms with Crippen LogP contribution in [0, 0.1) is 0 Å². The smallest absolute Gasteiger partial charge is 0.339 e. The van der Waals surface area contributed by atoms with Gasteiger partial charge in [0.2, 0.25) is 0 Å². The number of ether oxygens (including phenoxy) is 1. The highest BCUT2D eigenvalue weighted by atomic mass is 16.5. The molecule has 0 heterocycles. The van der Waals surface area contributed by atoms with Crippen molar-refractivity contribution >= 4 is 23.9 Å². The number of aliphatic imine (C=N–C) groups is 1. The normalized spacial score (nSPS) is 10.6. The largest absolute Gasteiger partial charge is 0.480 e. The zero-order valence-corrected chi connectivity index (χ0v) is 13.7. The number of hydrogen-bond acceptors (Lipinski definition) is 6. The first-order chi connectivity index (χ1) is 11.6. The van der Waals surface area contributed by atoms with E-state index >= 15 is 0 Å². The number of esters is 1. The number of hydrogen-bond donors (Lipinski definition) is 5. The summed E-state index contributed by atoms with van der Waals surface area (Å²) in [5, 5.41) is 17.1. The van der Waals surface area contributed by atoms with E-state index in [-0.39, 0.29) is 17.3 Å². The van der Waals surface area contributed by atoms with E-state index in [1.807, 2.05) is 0 Å². The molecule has 10 heteroatoms. The summed E-state index contributed by atoms with van der Waals surface area (Å²) in [4.78, 5) is 35.1. The van der Waals surface area contributed by atoms with Gasteiger partial charge in [0.05, 0.1) is 0 Å². The van der Waals surface area contributed by atoms with Crippen LogP contribution in [0.2, 0.25) is 0 Å². The molecule has 1 rings (SSSR count). The number of nitrogens with zero attached hydrogens (tertiary/aromatic N) is 1. The molecule has 0 radical (unpaired) electrons. The molecule has 0 bridgehead atoms. The Hall–Kier alpha value is -3.14. The molecule has 138 valence electrons. The van der Waals surface area contributed by atoms with Crippen molar-refractivity contribution in [3.63, 3.8) is 0 Å². The standard InChI is InChI=1S/C9H8O4.C6H14N4O2/c1-6(10)13-8-5-3-2-4-7(8)9(11)12;7-4(5(11)12)2-1-3-10-6(8)9/h2-5H,1H3,(H,11,12);4H,1-3,7H2,(H,11,12)(H4,8,9,10)/t;4-/m.1/s1. The molecule has 1 atom stereocenters. The minimum absolute atomic E-state index is 0.0129. The van der Waals surface area contributed by atoms with Crippen LogP contribution in [-0.2, 0) is 9.59 Å². The van der Waals surface area contributed by atoms with E-state index < -0.39 is 23.9 Å². The fourth-order valence-corrected chi connectivity index (χ4v) is 1.53. The van der Waals surface area contributed by atoms with E-state index in [2.05, 4.69) is 9.73 Å². The first-order valence-corrected chi connectivity index (χ1v) is 7.19. The predicted molar refractivity (Wildman–Crippen MR) is 90.2 cm³/mol. The Balaban J connectivity index is 0.000000463. The van der Waals surface area contributed by atoms with Gasteiger partial charge in [0.25, 0.3) is 0 Å². The Morgan fingerprint density at radius 1 is 1.20 bits per heavy atom. The van der Waals surface area contributed by atoms with Crippen LogP contribution in [0.25, 0.3) is 0 Å². The third kappa shape index (κ3) is 10.3. The molecule has 0 saturated heterocycles. The number of para-hydroxylation sites is 1. The molecule has 0 aliphatic carbocycles. The summed E-state index contributed by atoms with van der Waals surface area (Å²) in [5.74, 6) is -2.56. The summed E-state index contributed by atoms with van der Waals surface area (Å²) in [6.45, 7) is 1.64. The topological polar surface area (TPSA) is 191 Å². The van der Waals surface area contributed by atoms with Crippen molar-refractivity contribution in [2.24, 2.45) is 22.2 Å². The van der Waals surface area contributed by atoms with E-state index in [9.17, 15) is 14.4 Å². The number of carbonyl (C=O) groups excluding carboxylic acids is 1. The third-order valence-corrected chi connectivity index (χ3v) is 2.66. The van der Waals surface area contributed by atoms with Crippen molar-refractivity contribution in [2.45, 2.75) is 25.8 Å². The van der Waals surface area contributed by atoms with Gasteiger partial charge in [-0.15, -0.1) is 0 Å². The van der Waals surface area contributed by atoms with Crippen LogP contribution >= 0.6 is 0 Å². The Kier molecular flexibility index (Phi) is 9.97. The second-order valence-corrected chi connectivity index (χ2v) is 4.79. The molecule has 0 aliphatic heterocycles. The number of carbonyl (C=O) groups is 3. The van der Waals surface area contributed by atoms with Crippen LogP contribution < -0.4 is 21.9 Å². The maximum Gasteiger partial charge on any atom is 0.339 e. The lowest BCUT2D eigenvalue weighted by molar-refractivity contribution is -0.138. The van der Waals surface area contributed by atoms with E-state index in [0.29, 0.717) is 19.4 Å². The van der Waals surface area contributed by atoms with Gasteiger partial charge >= 0.3 is 17.9 Å². The van der Waals surface area contributed by atoms with Crippen molar-refractivity contribution in [3.05, 3.63) is 29.8 Å². The van der Waals surface area contributed by atoms with Crippen molar-refractivity contribution in [1.82, 2.24) is 0 Å². The monoisotopic (exact) mass is 354 g/mol. The van der Waals surface area contributed by atoms with Gasteiger partial charge in [0.15, 0.2) is 5.96 Å². The van der Waals surface area contributed by atoms with Crippen LogP contribution in [-0.4, -0.2) is 46.7 Å². The van der Waals surface area contributed by atoms with Crippen molar-refractivity contribution in [3.8, 4) is 5.75 Å². The highest BCUT2D eigenvalue weighted by Crippen LogP contribution is 2.17. The lowest BCUT2D eigenvalue weighted by atomic mass is 10.2. The van der Waals surface area contributed by atoms with Crippen molar-refractivity contribution in [1.29, 1.82) is 0 Å². The zero-order valence-electron chi connectivity index (χ0n) is 13.7. The quantitative estimate of drug-likeness (QED) is 0.144. The van der Waals surface area contributed by atoms with Gasteiger partial charge in [0.1, 0.15) is 17.4 Å². The summed E-state index contributed by atoms with van der Waals surface area (Å²) in [5.41, 5.74) is 15.3. The average molecular weight is 354 g/mol. The van der Waals surface area contributed by atoms with Crippen molar-refractivity contribution < 1.29 is 29.3 Å². The minimum atomic E-state index is -1.11. The molecule has 8 N–H and O–H groups in total. The number of carboxylic acid groups (broad SMARTS) is 2. The fraction of sp³-hybridized carbons (Fsp3) is 0.333. The second-order valence-electron chi connectivity index (χ2n) is 4.79. The Morgan fingerprint density at radius 2 is 1.80 bits per heavy atom. The summed E-state index contributed by atoms with van der Waals surface area (Å²) < 4.78 is 4.69. The summed E-state index contributed by atoms with van der Waals surface area (Å²) in [7, 11) is 0. The van der Waals surface area contributed by atoms with Gasteiger partial charge in [-0.1, -0.05) is 12.1 Å². The molecule has 0 amide bonds. The lowest BCUT2D eigenvalue weighted by Gasteiger charge is -2.03. The summed E-state index contributed by atoms with van der Waals surface area (Å²) in [6, 6.07) is 5.16. The molecule has 0 spiro atoms. The number of aliphatic carboxylic acids is 1. The van der Waals surface area contributed by atoms with Crippen LogP contribution in [0.4, 0.5) is 0 Å². The van der Waals surface area contributed by atoms with Gasteiger partial charge < -0.3 is 32.2 Å². The Morgan fingerprint density at radius 3 is 2.28 bits per heavy atom. The fourth-order valence-electron chi connectivity index (χ4n) is 1.53. The minimum Gasteiger partial charge on any atom is -0.480 e. The molecule has 0 aliphatic rings. The average Bonchev–Trinajstić information content (AvgIpc) is 2.51. The number of aromatic carboxylic acids is 1. The number of carboxylic acids is 2. The highest BCUT2D eigenvalue weighted by Gasteiger charge is 2.11. The molecule has 0 aromatic heterocycles.